The minimum Gasteiger partial charge on any atom is -0.339 e. The first-order valence-electron chi connectivity index (χ1n) is 10.2. The molecule has 29 heavy (non-hydrogen) atoms. The highest BCUT2D eigenvalue weighted by atomic mass is 32.1. The van der Waals surface area contributed by atoms with Gasteiger partial charge in [0, 0.05) is 37.0 Å². The molecule has 0 spiro atoms. The van der Waals surface area contributed by atoms with Crippen LogP contribution in [0.4, 0.5) is 4.79 Å². The molecular weight excluding hydrogens is 384 g/mol. The smallest absolute Gasteiger partial charge is 0.317 e. The van der Waals surface area contributed by atoms with Gasteiger partial charge < -0.3 is 14.7 Å². The van der Waals surface area contributed by atoms with Crippen molar-refractivity contribution in [3.05, 3.63) is 58.6 Å². The number of thiophene rings is 1. The number of aryl methyl sites for hydroxylation is 1. The van der Waals surface area contributed by atoms with E-state index in [1.54, 1.807) is 11.3 Å². The number of benzene rings is 1. The van der Waals surface area contributed by atoms with E-state index in [2.05, 4.69) is 39.7 Å². The summed E-state index contributed by atoms with van der Waals surface area (Å²) in [5.74, 6) is 1.65. The zero-order valence-electron chi connectivity index (χ0n) is 16.4. The van der Waals surface area contributed by atoms with Crippen LogP contribution in [0.1, 0.15) is 30.7 Å². The van der Waals surface area contributed by atoms with Crippen molar-refractivity contribution in [2.75, 3.05) is 19.6 Å². The molecule has 0 aliphatic carbocycles. The molecule has 1 fully saturated rings. The maximum Gasteiger partial charge on any atom is 0.317 e. The lowest BCUT2D eigenvalue weighted by atomic mass is 9.95. The molecule has 1 aliphatic heterocycles. The summed E-state index contributed by atoms with van der Waals surface area (Å²) >= 11 is 1.62. The summed E-state index contributed by atoms with van der Waals surface area (Å²) in [7, 11) is 0. The quantitative estimate of drug-likeness (QED) is 0.586. The zero-order valence-corrected chi connectivity index (χ0v) is 17.2. The number of carbonyl (C=O) groups excluding carboxylic acids is 1. The third kappa shape index (κ3) is 5.44. The number of piperidine rings is 1. The van der Waals surface area contributed by atoms with E-state index in [1.807, 2.05) is 27.8 Å². The van der Waals surface area contributed by atoms with Crippen LogP contribution in [-0.2, 0) is 12.8 Å². The Balaban J connectivity index is 1.22. The predicted molar refractivity (Wildman–Crippen MR) is 114 cm³/mol. The second-order valence-corrected chi connectivity index (χ2v) is 8.28. The standard InChI is InChI=1S/C22H26N4O2S/c27-22(23-11-4-8-17-6-2-1-3-7-17)26-12-5-9-18(15-26)14-20-24-21(25-28-20)19-10-13-29-16-19/h1-3,6-7,10,13,16,18H,4-5,8-9,11-12,14-15H2,(H,23,27). The molecular formula is C22H26N4O2S. The van der Waals surface area contributed by atoms with Crippen LogP contribution in [0.15, 0.2) is 51.7 Å². The van der Waals surface area contributed by atoms with E-state index < -0.39 is 0 Å². The van der Waals surface area contributed by atoms with E-state index in [0.717, 1.165) is 50.8 Å². The fourth-order valence-corrected chi connectivity index (χ4v) is 4.39. The van der Waals surface area contributed by atoms with Gasteiger partial charge in [-0.1, -0.05) is 35.5 Å². The number of hydrogen-bond donors (Lipinski definition) is 1. The Morgan fingerprint density at radius 1 is 1.28 bits per heavy atom. The number of nitrogens with zero attached hydrogens (tertiary/aromatic N) is 3. The van der Waals surface area contributed by atoms with Gasteiger partial charge in [0.25, 0.3) is 0 Å². The number of carbonyl (C=O) groups is 1. The molecule has 3 aromatic rings. The van der Waals surface area contributed by atoms with E-state index in [1.165, 1.54) is 5.56 Å². The summed E-state index contributed by atoms with van der Waals surface area (Å²) in [6, 6.07) is 12.4. The van der Waals surface area contributed by atoms with Gasteiger partial charge in [0.05, 0.1) is 0 Å². The van der Waals surface area contributed by atoms with Crippen molar-refractivity contribution in [1.82, 2.24) is 20.4 Å². The lowest BCUT2D eigenvalue weighted by Gasteiger charge is -2.32. The molecule has 6 nitrogen and oxygen atoms in total. The molecule has 2 amide bonds. The second-order valence-electron chi connectivity index (χ2n) is 7.50. The number of hydrogen-bond acceptors (Lipinski definition) is 5. The summed E-state index contributed by atoms with van der Waals surface area (Å²) in [5, 5.41) is 11.2. The van der Waals surface area contributed by atoms with Crippen LogP contribution in [0.25, 0.3) is 11.4 Å². The van der Waals surface area contributed by atoms with Crippen LogP contribution in [0, 0.1) is 5.92 Å². The average molecular weight is 411 g/mol. The molecule has 4 rings (SSSR count). The van der Waals surface area contributed by atoms with E-state index in [9.17, 15) is 4.79 Å². The summed E-state index contributed by atoms with van der Waals surface area (Å²) in [6.45, 7) is 2.24. The molecule has 1 saturated heterocycles. The van der Waals surface area contributed by atoms with Crippen LogP contribution < -0.4 is 5.32 Å². The Morgan fingerprint density at radius 2 is 2.17 bits per heavy atom. The number of amides is 2. The van der Waals surface area contributed by atoms with Crippen LogP contribution in [0.5, 0.6) is 0 Å². The zero-order chi connectivity index (χ0) is 19.9. The lowest BCUT2D eigenvalue weighted by molar-refractivity contribution is 0.161. The van der Waals surface area contributed by atoms with Crippen LogP contribution in [0.2, 0.25) is 0 Å². The van der Waals surface area contributed by atoms with Crippen molar-refractivity contribution in [2.45, 2.75) is 32.1 Å². The lowest BCUT2D eigenvalue weighted by Crippen LogP contribution is -2.46. The number of nitrogens with one attached hydrogen (secondary N) is 1. The predicted octanol–water partition coefficient (Wildman–Crippen LogP) is 4.40. The minimum atomic E-state index is 0.0345. The van der Waals surface area contributed by atoms with Gasteiger partial charge >= 0.3 is 6.03 Å². The highest BCUT2D eigenvalue weighted by Crippen LogP contribution is 2.23. The van der Waals surface area contributed by atoms with Crippen LogP contribution in [0.3, 0.4) is 0 Å². The molecule has 1 atom stereocenters. The molecule has 1 N–H and O–H groups in total. The van der Waals surface area contributed by atoms with E-state index >= 15 is 0 Å². The number of aromatic nitrogens is 2. The second kappa shape index (κ2) is 9.69. The first-order chi connectivity index (χ1) is 14.3. The SMILES string of the molecule is O=C(NCCCc1ccccc1)N1CCCC(Cc2nc(-c3ccsc3)no2)C1. The average Bonchev–Trinajstić information content (AvgIpc) is 3.44. The fraction of sp³-hybridized carbons (Fsp3) is 0.409. The Hall–Kier alpha value is -2.67. The summed E-state index contributed by atoms with van der Waals surface area (Å²) in [4.78, 5) is 19.0. The van der Waals surface area contributed by atoms with E-state index in [0.29, 0.717) is 24.2 Å². The number of urea groups is 1. The van der Waals surface area contributed by atoms with E-state index in [-0.39, 0.29) is 6.03 Å². The van der Waals surface area contributed by atoms with Crippen molar-refractivity contribution >= 4 is 17.4 Å². The summed E-state index contributed by atoms with van der Waals surface area (Å²) in [6.07, 6.45) is 4.73. The molecule has 1 aromatic carbocycles. The van der Waals surface area contributed by atoms with Gasteiger partial charge in [-0.2, -0.15) is 16.3 Å². The molecule has 1 aliphatic rings. The molecule has 1 unspecified atom stereocenters. The van der Waals surface area contributed by atoms with Gasteiger partial charge in [-0.05, 0) is 48.6 Å². The van der Waals surface area contributed by atoms with Gasteiger partial charge in [0.1, 0.15) is 0 Å². The van der Waals surface area contributed by atoms with E-state index in [4.69, 9.17) is 4.52 Å². The maximum absolute atomic E-state index is 12.5. The van der Waals surface area contributed by atoms with Crippen molar-refractivity contribution < 1.29 is 9.32 Å². The van der Waals surface area contributed by atoms with Crippen LogP contribution >= 0.6 is 11.3 Å². The first-order valence-corrected chi connectivity index (χ1v) is 11.1. The Labute approximate surface area is 174 Å². The number of likely N-dealkylation sites (tertiary alicyclic amines) is 1. The number of rotatable bonds is 7. The Bertz CT molecular complexity index is 895. The topological polar surface area (TPSA) is 71.3 Å². The first kappa shape index (κ1) is 19.6. The third-order valence-electron chi connectivity index (χ3n) is 5.28. The summed E-state index contributed by atoms with van der Waals surface area (Å²) in [5.41, 5.74) is 2.30. The monoisotopic (exact) mass is 410 g/mol. The molecule has 152 valence electrons. The van der Waals surface area contributed by atoms with Crippen LogP contribution in [-0.4, -0.2) is 40.7 Å². The van der Waals surface area contributed by atoms with Gasteiger partial charge in [-0.15, -0.1) is 0 Å². The van der Waals surface area contributed by atoms with Crippen molar-refractivity contribution in [1.29, 1.82) is 0 Å². The Kier molecular flexibility index (Phi) is 6.56. The highest BCUT2D eigenvalue weighted by Gasteiger charge is 2.25. The summed E-state index contributed by atoms with van der Waals surface area (Å²) < 4.78 is 5.43. The third-order valence-corrected chi connectivity index (χ3v) is 5.96. The van der Waals surface area contributed by atoms with Crippen molar-refractivity contribution in [2.24, 2.45) is 5.92 Å². The molecule has 2 aromatic heterocycles. The normalized spacial score (nSPS) is 16.7. The largest absolute Gasteiger partial charge is 0.339 e. The maximum atomic E-state index is 12.5. The van der Waals surface area contributed by atoms with Gasteiger partial charge in [-0.25, -0.2) is 4.79 Å². The molecule has 0 radical (unpaired) electrons. The van der Waals surface area contributed by atoms with Crippen molar-refractivity contribution in [3.63, 3.8) is 0 Å². The van der Waals surface area contributed by atoms with Gasteiger partial charge in [0.15, 0.2) is 0 Å². The van der Waals surface area contributed by atoms with Crippen molar-refractivity contribution in [3.8, 4) is 11.4 Å². The molecule has 0 bridgehead atoms. The fourth-order valence-electron chi connectivity index (χ4n) is 3.75. The van der Waals surface area contributed by atoms with Gasteiger partial charge in [-0.3, -0.25) is 0 Å². The molecule has 7 heteroatoms. The van der Waals surface area contributed by atoms with Gasteiger partial charge in [0.2, 0.25) is 11.7 Å². The molecule has 0 saturated carbocycles. The Morgan fingerprint density at radius 3 is 3.00 bits per heavy atom. The highest BCUT2D eigenvalue weighted by molar-refractivity contribution is 7.08. The molecule has 3 heterocycles. The minimum absolute atomic E-state index is 0.0345.